The zero-order valence-corrected chi connectivity index (χ0v) is 25.9. The number of piperazine rings is 2. The van der Waals surface area contributed by atoms with Crippen LogP contribution in [-0.2, 0) is 22.3 Å². The Morgan fingerprint density at radius 2 is 1.51 bits per heavy atom. The zero-order valence-electron chi connectivity index (χ0n) is 25.1. The molecular formula is C32H38F3N5O4S. The van der Waals surface area contributed by atoms with Crippen LogP contribution < -0.4 is 4.90 Å². The van der Waals surface area contributed by atoms with Gasteiger partial charge in [-0.1, -0.05) is 23.9 Å². The maximum atomic E-state index is 13.5. The summed E-state index contributed by atoms with van der Waals surface area (Å²) >= 11 is 1.51. The molecule has 2 fully saturated rings. The highest BCUT2D eigenvalue weighted by Gasteiger charge is 2.33. The number of fused-ring (bicyclic) bond motifs is 2. The Balaban J connectivity index is 0.892. The number of carbonyl (C=O) groups is 1. The molecule has 0 radical (unpaired) electrons. The van der Waals surface area contributed by atoms with Gasteiger partial charge in [-0.2, -0.15) is 13.2 Å². The largest absolute Gasteiger partial charge is 0.527 e. The Labute approximate surface area is 265 Å². The Morgan fingerprint density at radius 3 is 2.24 bits per heavy atom. The van der Waals surface area contributed by atoms with Gasteiger partial charge in [0, 0.05) is 75.2 Å². The van der Waals surface area contributed by atoms with Crippen LogP contribution in [-0.4, -0.2) is 105 Å². The van der Waals surface area contributed by atoms with Gasteiger partial charge in [0.15, 0.2) is 0 Å². The van der Waals surface area contributed by atoms with E-state index in [0.29, 0.717) is 31.9 Å². The van der Waals surface area contributed by atoms with E-state index in [1.807, 2.05) is 41.3 Å². The summed E-state index contributed by atoms with van der Waals surface area (Å²) in [6.07, 6.45) is -2.57. The highest BCUT2D eigenvalue weighted by molar-refractivity contribution is 7.99. The monoisotopic (exact) mass is 645 g/mol. The van der Waals surface area contributed by atoms with Crippen molar-refractivity contribution in [3.8, 4) is 0 Å². The molecule has 0 spiro atoms. The van der Waals surface area contributed by atoms with E-state index >= 15 is 0 Å². The molecule has 1 aromatic heterocycles. The summed E-state index contributed by atoms with van der Waals surface area (Å²) in [6.45, 7) is 9.38. The van der Waals surface area contributed by atoms with E-state index in [4.69, 9.17) is 14.0 Å². The molecule has 6 rings (SSSR count). The molecule has 9 nitrogen and oxygen atoms in total. The number of nitrogens with zero attached hydrogens (tertiary/aromatic N) is 5. The van der Waals surface area contributed by atoms with Crippen molar-refractivity contribution < 1.29 is 32.0 Å². The highest BCUT2D eigenvalue weighted by atomic mass is 32.2. The number of hydrogen-bond donors (Lipinski definition) is 0. The Hall–Kier alpha value is -3.23. The number of alkyl halides is 3. The number of rotatable bonds is 10. The van der Waals surface area contributed by atoms with Gasteiger partial charge in [-0.3, -0.25) is 9.80 Å². The van der Waals surface area contributed by atoms with Crippen LogP contribution in [0.5, 0.6) is 0 Å². The molecule has 0 amide bonds. The minimum Gasteiger partial charge on any atom is -0.468 e. The van der Waals surface area contributed by atoms with Crippen LogP contribution in [0.15, 0.2) is 75.1 Å². The van der Waals surface area contributed by atoms with Crippen LogP contribution in [0.4, 0.5) is 29.3 Å². The molecule has 0 N–H and O–H groups in total. The van der Waals surface area contributed by atoms with Crippen LogP contribution in [0, 0.1) is 0 Å². The number of furan rings is 1. The summed E-state index contributed by atoms with van der Waals surface area (Å²) in [7, 11) is 0. The quantitative estimate of drug-likeness (QED) is 0.253. The number of benzene rings is 2. The van der Waals surface area contributed by atoms with Crippen LogP contribution >= 0.6 is 11.8 Å². The molecule has 0 saturated carbocycles. The van der Waals surface area contributed by atoms with E-state index in [-0.39, 0.29) is 6.61 Å². The molecule has 13 heteroatoms. The van der Waals surface area contributed by atoms with E-state index in [1.54, 1.807) is 17.4 Å². The summed E-state index contributed by atoms with van der Waals surface area (Å²) < 4.78 is 51.3. The van der Waals surface area contributed by atoms with Crippen LogP contribution in [0.25, 0.3) is 0 Å². The van der Waals surface area contributed by atoms with Crippen molar-refractivity contribution in [3.05, 3.63) is 72.2 Å². The first-order valence-corrected chi connectivity index (χ1v) is 16.2. The van der Waals surface area contributed by atoms with Crippen molar-refractivity contribution in [1.29, 1.82) is 0 Å². The van der Waals surface area contributed by atoms with Crippen LogP contribution in [0.3, 0.4) is 0 Å². The first kappa shape index (κ1) is 31.7. The molecular weight excluding hydrogens is 607 g/mol. The summed E-state index contributed by atoms with van der Waals surface area (Å²) in [5.74, 6) is 0.921. The number of hydrogen-bond acceptors (Lipinski definition) is 10. The lowest BCUT2D eigenvalue weighted by Crippen LogP contribution is -2.48. The summed E-state index contributed by atoms with van der Waals surface area (Å²) in [6, 6.07) is 15.7. The fraction of sp³-hybridized carbons (Fsp3) is 0.469. The molecule has 3 aromatic rings. The third kappa shape index (κ3) is 8.33. The van der Waals surface area contributed by atoms with Gasteiger partial charge in [-0.05, 0) is 55.4 Å². The van der Waals surface area contributed by atoms with Crippen LogP contribution in [0.2, 0.25) is 0 Å². The van der Waals surface area contributed by atoms with Gasteiger partial charge in [-0.25, -0.2) is 4.79 Å². The summed E-state index contributed by atoms with van der Waals surface area (Å²) in [5, 5.41) is 1.65. The average Bonchev–Trinajstić information content (AvgIpc) is 3.55. The topological polar surface area (TPSA) is 64.9 Å². The lowest BCUT2D eigenvalue weighted by atomic mass is 10.1. The third-order valence-electron chi connectivity index (χ3n) is 8.40. The van der Waals surface area contributed by atoms with Gasteiger partial charge in [0.1, 0.15) is 12.4 Å². The van der Waals surface area contributed by atoms with Gasteiger partial charge in [0.05, 0.1) is 29.7 Å². The minimum absolute atomic E-state index is 0.267. The second kappa shape index (κ2) is 14.5. The molecule has 3 aliphatic rings. The maximum absolute atomic E-state index is 13.5. The predicted molar refractivity (Wildman–Crippen MR) is 165 cm³/mol. The first-order chi connectivity index (χ1) is 21.8. The molecule has 45 heavy (non-hydrogen) atoms. The van der Waals surface area contributed by atoms with Gasteiger partial charge in [0.2, 0.25) is 0 Å². The molecule has 2 saturated heterocycles. The van der Waals surface area contributed by atoms with E-state index in [0.717, 1.165) is 86.1 Å². The molecule has 3 aliphatic heterocycles. The van der Waals surface area contributed by atoms with Gasteiger partial charge < -0.3 is 23.8 Å². The number of carbonyl (C=O) groups excluding carboxylic acids is 1. The minimum atomic E-state index is -4.38. The molecule has 4 heterocycles. The van der Waals surface area contributed by atoms with E-state index in [2.05, 4.69) is 14.7 Å². The molecule has 2 aromatic carbocycles. The number of hydroxylamine groups is 2. The Morgan fingerprint density at radius 1 is 0.800 bits per heavy atom. The number of anilines is 2. The molecule has 0 aliphatic carbocycles. The summed E-state index contributed by atoms with van der Waals surface area (Å²) in [4.78, 5) is 28.4. The normalized spacial score (nSPS) is 18.4. The summed E-state index contributed by atoms with van der Waals surface area (Å²) in [5.41, 5.74) is 0.939. The molecule has 0 atom stereocenters. The average molecular weight is 646 g/mol. The third-order valence-corrected chi connectivity index (χ3v) is 9.53. The van der Waals surface area contributed by atoms with Crippen molar-refractivity contribution in [3.63, 3.8) is 0 Å². The van der Waals surface area contributed by atoms with Crippen molar-refractivity contribution in [2.24, 2.45) is 0 Å². The van der Waals surface area contributed by atoms with E-state index in [1.165, 1.54) is 17.8 Å². The molecule has 0 unspecified atom stereocenters. The second-order valence-corrected chi connectivity index (χ2v) is 12.5. The van der Waals surface area contributed by atoms with Gasteiger partial charge in [0.25, 0.3) is 0 Å². The fourth-order valence-corrected chi connectivity index (χ4v) is 7.00. The highest BCUT2D eigenvalue weighted by Crippen LogP contribution is 2.49. The van der Waals surface area contributed by atoms with Crippen molar-refractivity contribution in [1.82, 2.24) is 19.8 Å². The molecule has 0 bridgehead atoms. The Kier molecular flexibility index (Phi) is 10.2. The smallest absolute Gasteiger partial charge is 0.468 e. The fourth-order valence-electron chi connectivity index (χ4n) is 5.93. The van der Waals surface area contributed by atoms with E-state index < -0.39 is 17.9 Å². The lowest BCUT2D eigenvalue weighted by molar-refractivity contribution is -0.147. The van der Waals surface area contributed by atoms with Gasteiger partial charge in [-0.15, -0.1) is 5.06 Å². The van der Waals surface area contributed by atoms with Crippen molar-refractivity contribution >= 4 is 29.3 Å². The lowest BCUT2D eigenvalue weighted by Gasteiger charge is -2.36. The number of halogens is 3. The first-order valence-electron chi connectivity index (χ1n) is 15.4. The number of para-hydroxylation sites is 1. The molecule has 242 valence electrons. The van der Waals surface area contributed by atoms with Gasteiger partial charge >= 0.3 is 12.3 Å². The zero-order chi connectivity index (χ0) is 31.2. The van der Waals surface area contributed by atoms with Crippen LogP contribution in [0.1, 0.15) is 17.7 Å². The van der Waals surface area contributed by atoms with E-state index in [9.17, 15) is 18.0 Å². The maximum Gasteiger partial charge on any atom is 0.527 e. The predicted octanol–water partition coefficient (Wildman–Crippen LogP) is 5.79. The standard InChI is InChI=1S/C32H38F3N5O4S/c33-32(34,35)25-8-9-30-28(23-25)40(27-6-1-2-7-29(27)45-30)11-4-10-36-12-14-37(15-13-36)20-22-43-31(41)44-39-18-16-38(17-19-39)24-26-5-3-21-42-26/h1-3,5-9,21,23H,4,10-20,22,24H2. The van der Waals surface area contributed by atoms with Crippen molar-refractivity contribution in [2.45, 2.75) is 28.9 Å². The Bertz CT molecular complexity index is 1410. The second-order valence-electron chi connectivity index (χ2n) is 11.4. The van der Waals surface area contributed by atoms with Crippen molar-refractivity contribution in [2.75, 3.05) is 83.5 Å². The SMILES string of the molecule is O=C(OCCN1CCN(CCCN2c3ccccc3Sc3ccc(C(F)(F)F)cc32)CC1)ON1CCN(Cc2ccco2)CC1. The number of ether oxygens (including phenoxy) is 1.